The molecular formula is C23H23NO2. The SMILES string of the molecule is CN(C)CCC1(c2ccc3ccccc3c2)Cc2ccccc2C(=O)O1. The molecule has 1 atom stereocenters. The smallest absolute Gasteiger partial charge is 0.339 e. The molecule has 0 radical (unpaired) electrons. The molecule has 0 spiro atoms. The van der Waals surface area contributed by atoms with E-state index in [0.717, 1.165) is 24.1 Å². The van der Waals surface area contributed by atoms with Crippen molar-refractivity contribution in [3.05, 3.63) is 83.4 Å². The second kappa shape index (κ2) is 6.58. The van der Waals surface area contributed by atoms with Gasteiger partial charge in [0.25, 0.3) is 0 Å². The lowest BCUT2D eigenvalue weighted by molar-refractivity contribution is -0.0354. The lowest BCUT2D eigenvalue weighted by atomic mass is 9.80. The van der Waals surface area contributed by atoms with Gasteiger partial charge in [0.05, 0.1) is 5.56 Å². The highest BCUT2D eigenvalue weighted by atomic mass is 16.6. The van der Waals surface area contributed by atoms with Crippen molar-refractivity contribution >= 4 is 16.7 Å². The van der Waals surface area contributed by atoms with E-state index in [4.69, 9.17) is 4.74 Å². The van der Waals surface area contributed by atoms with Gasteiger partial charge >= 0.3 is 5.97 Å². The molecule has 3 nitrogen and oxygen atoms in total. The Morgan fingerprint density at radius 2 is 1.69 bits per heavy atom. The third-order valence-corrected chi connectivity index (χ3v) is 5.24. The molecule has 0 saturated heterocycles. The zero-order chi connectivity index (χ0) is 18.1. The summed E-state index contributed by atoms with van der Waals surface area (Å²) in [4.78, 5) is 14.9. The Hall–Kier alpha value is -2.65. The maximum Gasteiger partial charge on any atom is 0.339 e. The average molecular weight is 345 g/mol. The number of fused-ring (bicyclic) bond motifs is 2. The molecule has 0 aliphatic carbocycles. The highest BCUT2D eigenvalue weighted by molar-refractivity contribution is 5.93. The number of hydrogen-bond acceptors (Lipinski definition) is 3. The largest absolute Gasteiger partial charge is 0.450 e. The van der Waals surface area contributed by atoms with Crippen LogP contribution in [0, 0.1) is 0 Å². The van der Waals surface area contributed by atoms with Gasteiger partial charge in [-0.1, -0.05) is 54.6 Å². The summed E-state index contributed by atoms with van der Waals surface area (Å²) in [6, 6.07) is 22.5. The molecule has 1 heterocycles. The van der Waals surface area contributed by atoms with Crippen LogP contribution in [0.3, 0.4) is 0 Å². The van der Waals surface area contributed by atoms with Crippen LogP contribution in [-0.4, -0.2) is 31.5 Å². The Morgan fingerprint density at radius 3 is 2.50 bits per heavy atom. The fourth-order valence-corrected chi connectivity index (χ4v) is 3.77. The van der Waals surface area contributed by atoms with Crippen molar-refractivity contribution in [1.29, 1.82) is 0 Å². The number of rotatable bonds is 4. The van der Waals surface area contributed by atoms with Crippen LogP contribution in [0.15, 0.2) is 66.7 Å². The van der Waals surface area contributed by atoms with Crippen LogP contribution in [0.25, 0.3) is 10.8 Å². The Labute approximate surface area is 154 Å². The van der Waals surface area contributed by atoms with Crippen molar-refractivity contribution in [3.8, 4) is 0 Å². The number of hydrogen-bond donors (Lipinski definition) is 0. The van der Waals surface area contributed by atoms with E-state index in [2.05, 4.69) is 35.2 Å². The number of nitrogens with zero attached hydrogens (tertiary/aromatic N) is 1. The molecule has 0 N–H and O–H groups in total. The van der Waals surface area contributed by atoms with E-state index >= 15 is 0 Å². The van der Waals surface area contributed by atoms with Gasteiger partial charge in [0.15, 0.2) is 0 Å². The molecule has 1 aliphatic rings. The Kier molecular flexibility index (Phi) is 4.25. The van der Waals surface area contributed by atoms with E-state index in [9.17, 15) is 4.79 Å². The van der Waals surface area contributed by atoms with Gasteiger partial charge in [-0.3, -0.25) is 0 Å². The molecule has 26 heavy (non-hydrogen) atoms. The summed E-state index contributed by atoms with van der Waals surface area (Å²) in [7, 11) is 4.10. The first kappa shape index (κ1) is 16.8. The molecule has 0 fully saturated rings. The fraction of sp³-hybridized carbons (Fsp3) is 0.261. The van der Waals surface area contributed by atoms with Gasteiger partial charge in [-0.05, 0) is 48.1 Å². The van der Waals surface area contributed by atoms with E-state index in [1.807, 2.05) is 50.5 Å². The van der Waals surface area contributed by atoms with Crippen molar-refractivity contribution < 1.29 is 9.53 Å². The normalized spacial score (nSPS) is 19.4. The van der Waals surface area contributed by atoms with Crippen LogP contribution in [0.1, 0.15) is 27.9 Å². The molecule has 3 aromatic rings. The summed E-state index contributed by atoms with van der Waals surface area (Å²) in [5.74, 6) is -0.223. The highest BCUT2D eigenvalue weighted by Gasteiger charge is 2.41. The van der Waals surface area contributed by atoms with Gasteiger partial charge in [0.2, 0.25) is 0 Å². The molecular weight excluding hydrogens is 322 g/mol. The second-order valence-electron chi connectivity index (χ2n) is 7.33. The van der Waals surface area contributed by atoms with Gasteiger partial charge in [-0.25, -0.2) is 4.79 Å². The lowest BCUT2D eigenvalue weighted by Crippen LogP contribution is -2.41. The first-order valence-corrected chi connectivity index (χ1v) is 9.03. The number of benzene rings is 3. The number of esters is 1. The maximum absolute atomic E-state index is 12.7. The summed E-state index contributed by atoms with van der Waals surface area (Å²) in [6.07, 6.45) is 1.47. The fourth-order valence-electron chi connectivity index (χ4n) is 3.77. The molecule has 0 amide bonds. The van der Waals surface area contributed by atoms with Crippen molar-refractivity contribution in [2.75, 3.05) is 20.6 Å². The minimum Gasteiger partial charge on any atom is -0.450 e. The van der Waals surface area contributed by atoms with Crippen LogP contribution in [0.4, 0.5) is 0 Å². The molecule has 0 saturated carbocycles. The Bertz CT molecular complexity index is 963. The predicted octanol–water partition coefficient (Wildman–Crippen LogP) is 4.40. The van der Waals surface area contributed by atoms with Crippen LogP contribution in [0.2, 0.25) is 0 Å². The third-order valence-electron chi connectivity index (χ3n) is 5.24. The van der Waals surface area contributed by atoms with Crippen molar-refractivity contribution in [1.82, 2.24) is 4.90 Å². The Morgan fingerprint density at radius 1 is 0.962 bits per heavy atom. The van der Waals surface area contributed by atoms with Gasteiger partial charge in [0.1, 0.15) is 5.60 Å². The minimum atomic E-state index is -0.625. The zero-order valence-electron chi connectivity index (χ0n) is 15.2. The highest BCUT2D eigenvalue weighted by Crippen LogP contribution is 2.40. The van der Waals surface area contributed by atoms with Crippen LogP contribution in [0.5, 0.6) is 0 Å². The minimum absolute atomic E-state index is 0.223. The third kappa shape index (κ3) is 2.99. The van der Waals surface area contributed by atoms with Crippen LogP contribution in [-0.2, 0) is 16.8 Å². The quantitative estimate of drug-likeness (QED) is 0.657. The molecule has 0 bridgehead atoms. The topological polar surface area (TPSA) is 29.5 Å². The molecule has 1 unspecified atom stereocenters. The number of cyclic esters (lactones) is 1. The lowest BCUT2D eigenvalue weighted by Gasteiger charge is -2.39. The number of ether oxygens (including phenoxy) is 1. The van der Waals surface area contributed by atoms with Gasteiger partial charge < -0.3 is 9.64 Å². The summed E-state index contributed by atoms with van der Waals surface area (Å²) in [5, 5.41) is 2.37. The molecule has 1 aliphatic heterocycles. The van der Waals surface area contributed by atoms with E-state index in [1.54, 1.807) is 0 Å². The zero-order valence-corrected chi connectivity index (χ0v) is 15.2. The molecule has 3 heteroatoms. The first-order valence-electron chi connectivity index (χ1n) is 9.03. The Balaban J connectivity index is 1.82. The molecule has 132 valence electrons. The van der Waals surface area contributed by atoms with Crippen molar-refractivity contribution in [2.24, 2.45) is 0 Å². The van der Waals surface area contributed by atoms with E-state index < -0.39 is 5.60 Å². The van der Waals surface area contributed by atoms with Gasteiger partial charge in [-0.15, -0.1) is 0 Å². The molecule has 4 rings (SSSR count). The van der Waals surface area contributed by atoms with Gasteiger partial charge in [-0.2, -0.15) is 0 Å². The molecule has 0 aromatic heterocycles. The molecule has 3 aromatic carbocycles. The van der Waals surface area contributed by atoms with Gasteiger partial charge in [0, 0.05) is 19.4 Å². The van der Waals surface area contributed by atoms with Crippen molar-refractivity contribution in [2.45, 2.75) is 18.4 Å². The summed E-state index contributed by atoms with van der Waals surface area (Å²) >= 11 is 0. The van der Waals surface area contributed by atoms with Crippen LogP contribution >= 0.6 is 0 Å². The van der Waals surface area contributed by atoms with E-state index in [-0.39, 0.29) is 5.97 Å². The number of carbonyl (C=O) groups is 1. The van der Waals surface area contributed by atoms with E-state index in [1.165, 1.54) is 10.8 Å². The first-order chi connectivity index (χ1) is 12.6. The van der Waals surface area contributed by atoms with Crippen LogP contribution < -0.4 is 0 Å². The second-order valence-corrected chi connectivity index (χ2v) is 7.33. The monoisotopic (exact) mass is 345 g/mol. The summed E-state index contributed by atoms with van der Waals surface area (Å²) < 4.78 is 6.12. The number of carbonyl (C=O) groups excluding carboxylic acids is 1. The van der Waals surface area contributed by atoms with E-state index in [0.29, 0.717) is 12.0 Å². The summed E-state index contributed by atoms with van der Waals surface area (Å²) in [6.45, 7) is 0.849. The summed E-state index contributed by atoms with van der Waals surface area (Å²) in [5.41, 5.74) is 2.20. The predicted molar refractivity (Wildman–Crippen MR) is 104 cm³/mol. The average Bonchev–Trinajstić information content (AvgIpc) is 2.66. The maximum atomic E-state index is 12.7. The standard InChI is InChI=1S/C23H23NO2/c1-24(2)14-13-23(16-19-9-5-6-10-21(19)22(25)26-23)20-12-11-17-7-3-4-8-18(17)15-20/h3-12,15H,13-14,16H2,1-2H3. The van der Waals surface area contributed by atoms with Crippen molar-refractivity contribution in [3.63, 3.8) is 0 Å².